The second-order valence-electron chi connectivity index (χ2n) is 9.70. The Labute approximate surface area is 215 Å². The van der Waals surface area contributed by atoms with Gasteiger partial charge in [-0.15, -0.1) is 13.9 Å². The monoisotopic (exact) mass is 515 g/mol. The lowest BCUT2D eigenvalue weighted by atomic mass is 9.97. The zero-order valence-electron chi connectivity index (χ0n) is 20.4. The lowest BCUT2D eigenvalue weighted by Crippen LogP contribution is -2.26. The number of aromatic nitrogens is 5. The molecular formula is C27H23F2N7O2. The topological polar surface area (TPSA) is 104 Å². The molecule has 5 aromatic rings. The van der Waals surface area contributed by atoms with Crippen molar-refractivity contribution in [2.45, 2.75) is 32.0 Å². The highest BCUT2D eigenvalue weighted by Crippen LogP contribution is 2.45. The summed E-state index contributed by atoms with van der Waals surface area (Å²) >= 11 is 0. The Kier molecular flexibility index (Phi) is 4.91. The lowest BCUT2D eigenvalue weighted by molar-refractivity contribution is -0.286. The van der Waals surface area contributed by atoms with E-state index in [4.69, 9.17) is 15.7 Å². The summed E-state index contributed by atoms with van der Waals surface area (Å²) in [7, 11) is 0. The molecule has 2 aliphatic rings. The molecule has 3 aromatic heterocycles. The molecule has 192 valence electrons. The molecule has 0 unspecified atom stereocenters. The highest BCUT2D eigenvalue weighted by atomic mass is 19.3. The SMILES string of the molecule is Cc1ccc([C@@H]2CCN(c3ncccc3Cc3nc4c5ccc6c(c5nc(N)n4n3)OC(F)(F)O6)C2)cc1. The Bertz CT molecular complexity index is 1700. The van der Waals surface area contributed by atoms with Crippen molar-refractivity contribution in [1.82, 2.24) is 24.6 Å². The summed E-state index contributed by atoms with van der Waals surface area (Å²) in [6.07, 6.45) is -0.499. The lowest BCUT2D eigenvalue weighted by Gasteiger charge is -2.20. The smallest absolute Gasteiger partial charge is 0.395 e. The number of halogens is 2. The van der Waals surface area contributed by atoms with Crippen LogP contribution in [-0.4, -0.2) is 44.0 Å². The molecule has 1 saturated heterocycles. The molecule has 1 fully saturated rings. The van der Waals surface area contributed by atoms with Gasteiger partial charge in [0.2, 0.25) is 5.95 Å². The van der Waals surface area contributed by atoms with Crippen LogP contribution in [0.5, 0.6) is 11.5 Å². The number of alkyl halides is 2. The fourth-order valence-electron chi connectivity index (χ4n) is 5.30. The molecule has 0 radical (unpaired) electrons. The fourth-order valence-corrected chi connectivity index (χ4v) is 5.30. The van der Waals surface area contributed by atoms with Gasteiger partial charge in [0, 0.05) is 42.6 Å². The van der Waals surface area contributed by atoms with E-state index in [9.17, 15) is 8.78 Å². The zero-order chi connectivity index (χ0) is 26.0. The van der Waals surface area contributed by atoms with Gasteiger partial charge in [-0.3, -0.25) is 0 Å². The van der Waals surface area contributed by atoms with Crippen molar-refractivity contribution >= 4 is 28.3 Å². The van der Waals surface area contributed by atoms with Crippen molar-refractivity contribution in [3.8, 4) is 11.5 Å². The van der Waals surface area contributed by atoms with Crippen LogP contribution in [0.25, 0.3) is 16.6 Å². The molecule has 2 aliphatic heterocycles. The Morgan fingerprint density at radius 2 is 1.92 bits per heavy atom. The van der Waals surface area contributed by atoms with Crippen molar-refractivity contribution in [2.75, 3.05) is 23.7 Å². The van der Waals surface area contributed by atoms with Gasteiger partial charge >= 0.3 is 6.29 Å². The van der Waals surface area contributed by atoms with Gasteiger partial charge in [-0.25, -0.2) is 15.0 Å². The maximum absolute atomic E-state index is 13.7. The maximum atomic E-state index is 13.7. The number of anilines is 2. The largest absolute Gasteiger partial charge is 0.586 e. The fraction of sp³-hybridized carbons (Fsp3) is 0.259. The number of nitrogen functional groups attached to an aromatic ring is 1. The van der Waals surface area contributed by atoms with Crippen LogP contribution in [0.1, 0.15) is 34.9 Å². The van der Waals surface area contributed by atoms with E-state index in [1.54, 1.807) is 12.3 Å². The van der Waals surface area contributed by atoms with Crippen molar-refractivity contribution in [2.24, 2.45) is 0 Å². The number of fused-ring (bicyclic) bond motifs is 5. The van der Waals surface area contributed by atoms with E-state index in [0.29, 0.717) is 29.2 Å². The van der Waals surface area contributed by atoms with Crippen molar-refractivity contribution < 1.29 is 18.3 Å². The third-order valence-electron chi connectivity index (χ3n) is 7.13. The zero-order valence-corrected chi connectivity index (χ0v) is 20.4. The van der Waals surface area contributed by atoms with Gasteiger partial charge in [-0.1, -0.05) is 35.9 Å². The van der Waals surface area contributed by atoms with E-state index in [1.807, 2.05) is 12.1 Å². The minimum Gasteiger partial charge on any atom is -0.395 e. The summed E-state index contributed by atoms with van der Waals surface area (Å²) in [5, 5.41) is 5.05. The third-order valence-corrected chi connectivity index (χ3v) is 7.13. The molecule has 2 N–H and O–H groups in total. The second-order valence-corrected chi connectivity index (χ2v) is 9.70. The molecule has 0 aliphatic carbocycles. The highest BCUT2D eigenvalue weighted by molar-refractivity contribution is 5.97. The summed E-state index contributed by atoms with van der Waals surface area (Å²) in [6, 6.07) is 15.7. The normalized spacial score (nSPS) is 18.1. The van der Waals surface area contributed by atoms with Crippen LogP contribution >= 0.6 is 0 Å². The van der Waals surface area contributed by atoms with Crippen molar-refractivity contribution in [3.05, 3.63) is 77.2 Å². The number of hydrogen-bond acceptors (Lipinski definition) is 8. The summed E-state index contributed by atoms with van der Waals surface area (Å²) in [4.78, 5) is 16.0. The van der Waals surface area contributed by atoms with Crippen LogP contribution < -0.4 is 20.1 Å². The molecule has 0 spiro atoms. The van der Waals surface area contributed by atoms with E-state index in [1.165, 1.54) is 21.7 Å². The molecule has 2 aromatic carbocycles. The number of nitrogens with zero attached hydrogens (tertiary/aromatic N) is 6. The van der Waals surface area contributed by atoms with Crippen LogP contribution in [0.4, 0.5) is 20.5 Å². The molecular weight excluding hydrogens is 492 g/mol. The first-order valence-electron chi connectivity index (χ1n) is 12.3. The molecule has 9 nitrogen and oxygen atoms in total. The summed E-state index contributed by atoms with van der Waals surface area (Å²) in [5.74, 6) is 1.59. The molecule has 38 heavy (non-hydrogen) atoms. The van der Waals surface area contributed by atoms with E-state index in [2.05, 4.69) is 55.6 Å². The molecule has 0 saturated carbocycles. The minimum atomic E-state index is -3.76. The van der Waals surface area contributed by atoms with Gasteiger partial charge in [-0.2, -0.15) is 4.52 Å². The van der Waals surface area contributed by atoms with E-state index < -0.39 is 6.29 Å². The Hall–Kier alpha value is -4.54. The predicted molar refractivity (Wildman–Crippen MR) is 137 cm³/mol. The number of hydrogen-bond donors (Lipinski definition) is 1. The molecule has 11 heteroatoms. The predicted octanol–water partition coefficient (Wildman–Crippen LogP) is 4.47. The van der Waals surface area contributed by atoms with Crippen molar-refractivity contribution in [3.63, 3.8) is 0 Å². The summed E-state index contributed by atoms with van der Waals surface area (Å²) in [6.45, 7) is 3.88. The van der Waals surface area contributed by atoms with Gasteiger partial charge in [0.15, 0.2) is 23.0 Å². The van der Waals surface area contributed by atoms with Gasteiger partial charge in [0.05, 0.1) is 0 Å². The van der Waals surface area contributed by atoms with Crippen LogP contribution in [0.15, 0.2) is 54.7 Å². The quantitative estimate of drug-likeness (QED) is 0.374. The third kappa shape index (κ3) is 3.73. The number of aryl methyl sites for hydroxylation is 1. The van der Waals surface area contributed by atoms with Crippen LogP contribution in [-0.2, 0) is 6.42 Å². The molecule has 0 bridgehead atoms. The van der Waals surface area contributed by atoms with Gasteiger partial charge in [0.25, 0.3) is 0 Å². The van der Waals surface area contributed by atoms with Gasteiger partial charge in [0.1, 0.15) is 11.3 Å². The number of pyridine rings is 1. The maximum Gasteiger partial charge on any atom is 0.586 e. The van der Waals surface area contributed by atoms with Gasteiger partial charge < -0.3 is 20.1 Å². The average molecular weight is 516 g/mol. The summed E-state index contributed by atoms with van der Waals surface area (Å²) in [5.41, 5.74) is 10.3. The summed E-state index contributed by atoms with van der Waals surface area (Å²) < 4.78 is 38.0. The Morgan fingerprint density at radius 3 is 2.76 bits per heavy atom. The number of ether oxygens (including phenoxy) is 2. The highest BCUT2D eigenvalue weighted by Gasteiger charge is 2.45. The van der Waals surface area contributed by atoms with Crippen LogP contribution in [0, 0.1) is 6.92 Å². The molecule has 1 atom stereocenters. The molecule has 0 amide bonds. The first-order valence-corrected chi connectivity index (χ1v) is 12.3. The average Bonchev–Trinajstić information content (AvgIpc) is 3.61. The van der Waals surface area contributed by atoms with Crippen molar-refractivity contribution in [1.29, 1.82) is 0 Å². The Balaban J connectivity index is 1.21. The Morgan fingerprint density at radius 1 is 1.08 bits per heavy atom. The molecule has 7 rings (SSSR count). The molecule has 5 heterocycles. The van der Waals surface area contributed by atoms with E-state index in [-0.39, 0.29) is 23.0 Å². The first kappa shape index (κ1) is 22.6. The van der Waals surface area contributed by atoms with E-state index >= 15 is 0 Å². The standard InChI is InChI=1S/C27H23F2N7O2/c1-15-4-6-16(7-5-15)18-10-12-35(14-18)24-17(3-2-11-31-24)13-21-32-25-19-8-9-20-23(38-27(28,29)37-20)22(19)33-26(30)36(25)34-21/h2-9,11,18H,10,12-14H2,1H3,(H2,30,33)/t18-/m1/s1. The number of benzene rings is 2. The van der Waals surface area contributed by atoms with Gasteiger partial charge in [-0.05, 0) is 37.1 Å². The number of rotatable bonds is 4. The number of nitrogens with two attached hydrogens (primary N) is 1. The minimum absolute atomic E-state index is 0.00496. The van der Waals surface area contributed by atoms with E-state index in [0.717, 1.165) is 30.9 Å². The second kappa shape index (κ2) is 8.23. The van der Waals surface area contributed by atoms with Crippen LogP contribution in [0.3, 0.4) is 0 Å². The first-order chi connectivity index (χ1) is 18.3. The van der Waals surface area contributed by atoms with Crippen LogP contribution in [0.2, 0.25) is 0 Å².